The number of aliphatic hydroxyl groups excluding tert-OH is 1. The highest BCUT2D eigenvalue weighted by molar-refractivity contribution is 6.10. The van der Waals surface area contributed by atoms with E-state index in [0.29, 0.717) is 11.6 Å². The average molecular weight is 312 g/mol. The van der Waals surface area contributed by atoms with E-state index in [9.17, 15) is 9.90 Å². The Labute approximate surface area is 133 Å². The van der Waals surface area contributed by atoms with E-state index in [1.54, 1.807) is 43.7 Å². The number of carbonyl (C=O) groups excluding carboxylic acids is 1. The molecule has 118 valence electrons. The van der Waals surface area contributed by atoms with Crippen LogP contribution < -0.4 is 0 Å². The lowest BCUT2D eigenvalue weighted by atomic mass is 10.2. The Kier molecular flexibility index (Phi) is 5.51. The van der Waals surface area contributed by atoms with Crippen LogP contribution in [0.5, 0.6) is 0 Å². The summed E-state index contributed by atoms with van der Waals surface area (Å²) in [6, 6.07) is 5.16. The van der Waals surface area contributed by atoms with Gasteiger partial charge >= 0.3 is 5.97 Å². The van der Waals surface area contributed by atoms with Crippen LogP contribution in [0.3, 0.4) is 0 Å². The van der Waals surface area contributed by atoms with Gasteiger partial charge < -0.3 is 9.84 Å². The molecule has 1 N–H and O–H groups in total. The predicted molar refractivity (Wildman–Crippen MR) is 85.4 cm³/mol. The van der Waals surface area contributed by atoms with Gasteiger partial charge in [0.15, 0.2) is 11.6 Å². The van der Waals surface area contributed by atoms with E-state index in [-0.39, 0.29) is 17.9 Å². The molecule has 2 heterocycles. The third-order valence-electron chi connectivity index (χ3n) is 2.79. The molecule has 7 nitrogen and oxygen atoms in total. The second-order valence-electron chi connectivity index (χ2n) is 4.45. The Balaban J connectivity index is 2.26. The smallest absolute Gasteiger partial charge is 0.343 e. The van der Waals surface area contributed by atoms with Crippen molar-refractivity contribution in [1.29, 1.82) is 0 Å². The molecule has 0 aliphatic rings. The maximum absolute atomic E-state index is 11.7. The van der Waals surface area contributed by atoms with E-state index >= 15 is 0 Å². The molecule has 7 heteroatoms. The fourth-order valence-corrected chi connectivity index (χ4v) is 1.69. The standard InChI is InChI=1S/C16H16N4O3/c1-3-23-16(22)13(11(2)21)10-19-14-6-9-18-15(20-14)12-4-7-17-8-5-12/h4-10,21H,3H2,1-2H3. The summed E-state index contributed by atoms with van der Waals surface area (Å²) >= 11 is 0. The van der Waals surface area contributed by atoms with Crippen LogP contribution in [0.25, 0.3) is 11.4 Å². The normalized spacial score (nSPS) is 12.1. The maximum atomic E-state index is 11.7. The van der Waals surface area contributed by atoms with Gasteiger partial charge in [0, 0.05) is 36.4 Å². The van der Waals surface area contributed by atoms with Gasteiger partial charge in [0.25, 0.3) is 0 Å². The first-order valence-corrected chi connectivity index (χ1v) is 6.96. The Morgan fingerprint density at radius 2 is 2.04 bits per heavy atom. The topological polar surface area (TPSA) is 97.6 Å². The van der Waals surface area contributed by atoms with Crippen LogP contribution in [0.2, 0.25) is 0 Å². The van der Waals surface area contributed by atoms with Gasteiger partial charge in [0.05, 0.1) is 6.61 Å². The number of esters is 1. The van der Waals surface area contributed by atoms with Crippen molar-refractivity contribution < 1.29 is 14.6 Å². The molecule has 0 aliphatic heterocycles. The summed E-state index contributed by atoms with van der Waals surface area (Å²) in [5, 5.41) is 9.57. The molecular formula is C16H16N4O3. The number of ether oxygens (including phenoxy) is 1. The van der Waals surface area contributed by atoms with Gasteiger partial charge in [-0.05, 0) is 26.0 Å². The van der Waals surface area contributed by atoms with Crippen molar-refractivity contribution in [2.45, 2.75) is 13.8 Å². The zero-order valence-corrected chi connectivity index (χ0v) is 12.8. The van der Waals surface area contributed by atoms with E-state index < -0.39 is 5.97 Å². The Morgan fingerprint density at radius 1 is 1.30 bits per heavy atom. The summed E-state index contributed by atoms with van der Waals surface area (Å²) in [5.74, 6) is 0.0366. The van der Waals surface area contributed by atoms with Crippen LogP contribution in [0.1, 0.15) is 13.8 Å². The fraction of sp³-hybridized carbons (Fsp3) is 0.188. The van der Waals surface area contributed by atoms with Crippen molar-refractivity contribution in [1.82, 2.24) is 15.0 Å². The van der Waals surface area contributed by atoms with Crippen molar-refractivity contribution in [3.8, 4) is 11.4 Å². The first-order valence-electron chi connectivity index (χ1n) is 6.96. The van der Waals surface area contributed by atoms with Gasteiger partial charge in [-0.2, -0.15) is 0 Å². The van der Waals surface area contributed by atoms with Crippen molar-refractivity contribution >= 4 is 18.0 Å². The number of hydrogen-bond acceptors (Lipinski definition) is 7. The monoisotopic (exact) mass is 312 g/mol. The molecule has 0 aromatic carbocycles. The summed E-state index contributed by atoms with van der Waals surface area (Å²) in [5.41, 5.74) is 0.785. The minimum atomic E-state index is -0.639. The van der Waals surface area contributed by atoms with Crippen molar-refractivity contribution in [2.24, 2.45) is 4.99 Å². The van der Waals surface area contributed by atoms with Gasteiger partial charge in [0.1, 0.15) is 11.3 Å². The van der Waals surface area contributed by atoms with Crippen molar-refractivity contribution in [2.75, 3.05) is 6.61 Å². The van der Waals surface area contributed by atoms with Crippen molar-refractivity contribution in [3.63, 3.8) is 0 Å². The lowest BCUT2D eigenvalue weighted by molar-refractivity contribution is -0.138. The van der Waals surface area contributed by atoms with Gasteiger partial charge in [0.2, 0.25) is 0 Å². The Morgan fingerprint density at radius 3 is 2.70 bits per heavy atom. The SMILES string of the molecule is CCOC(=O)C(C=Nc1ccnc(-c2ccncc2)n1)=C(C)O. The predicted octanol–water partition coefficient (Wildman–Crippen LogP) is 2.64. The quantitative estimate of drug-likeness (QED) is 0.394. The molecule has 0 saturated carbocycles. The number of allylic oxidation sites excluding steroid dienone is 1. The summed E-state index contributed by atoms with van der Waals surface area (Å²) in [6.45, 7) is 3.29. The molecule has 0 spiro atoms. The largest absolute Gasteiger partial charge is 0.512 e. The molecule has 2 aromatic heterocycles. The number of aromatic nitrogens is 3. The third-order valence-corrected chi connectivity index (χ3v) is 2.79. The fourth-order valence-electron chi connectivity index (χ4n) is 1.69. The Bertz CT molecular complexity index is 738. The van der Waals surface area contributed by atoms with Gasteiger partial charge in [-0.25, -0.2) is 19.8 Å². The molecule has 0 radical (unpaired) electrons. The third kappa shape index (κ3) is 4.44. The number of pyridine rings is 1. The number of rotatable bonds is 5. The van der Waals surface area contributed by atoms with Crippen LogP contribution in [-0.4, -0.2) is 38.8 Å². The van der Waals surface area contributed by atoms with E-state index in [1.165, 1.54) is 13.1 Å². The molecule has 0 unspecified atom stereocenters. The molecule has 2 rings (SSSR count). The number of aliphatic hydroxyl groups is 1. The molecule has 23 heavy (non-hydrogen) atoms. The summed E-state index contributed by atoms with van der Waals surface area (Å²) < 4.78 is 4.86. The van der Waals surface area contributed by atoms with Crippen LogP contribution in [0.15, 0.2) is 53.1 Å². The highest BCUT2D eigenvalue weighted by Crippen LogP contribution is 2.16. The second kappa shape index (κ2) is 7.79. The highest BCUT2D eigenvalue weighted by atomic mass is 16.5. The maximum Gasteiger partial charge on any atom is 0.343 e. The van der Waals surface area contributed by atoms with Crippen LogP contribution in [-0.2, 0) is 9.53 Å². The number of nitrogens with zero attached hydrogens (tertiary/aromatic N) is 4. The molecule has 0 atom stereocenters. The van der Waals surface area contributed by atoms with E-state index in [0.717, 1.165) is 5.56 Å². The summed E-state index contributed by atoms with van der Waals surface area (Å²) in [4.78, 5) is 28.2. The first kappa shape index (κ1) is 16.3. The zero-order chi connectivity index (χ0) is 16.7. The van der Waals surface area contributed by atoms with E-state index in [1.807, 2.05) is 0 Å². The van der Waals surface area contributed by atoms with E-state index in [4.69, 9.17) is 4.74 Å². The van der Waals surface area contributed by atoms with Crippen LogP contribution >= 0.6 is 0 Å². The molecule has 0 saturated heterocycles. The minimum absolute atomic E-state index is 0.0177. The molecular weight excluding hydrogens is 296 g/mol. The van der Waals surface area contributed by atoms with Gasteiger partial charge in [-0.15, -0.1) is 0 Å². The molecule has 0 amide bonds. The molecule has 0 aliphatic carbocycles. The highest BCUT2D eigenvalue weighted by Gasteiger charge is 2.12. The lowest BCUT2D eigenvalue weighted by Gasteiger charge is -2.03. The van der Waals surface area contributed by atoms with Crippen LogP contribution in [0.4, 0.5) is 5.82 Å². The molecule has 2 aromatic rings. The lowest BCUT2D eigenvalue weighted by Crippen LogP contribution is -2.10. The second-order valence-corrected chi connectivity index (χ2v) is 4.45. The van der Waals surface area contributed by atoms with Gasteiger partial charge in [-0.3, -0.25) is 4.98 Å². The van der Waals surface area contributed by atoms with Crippen molar-refractivity contribution in [3.05, 3.63) is 48.1 Å². The Hall–Kier alpha value is -3.09. The number of aliphatic imine (C=N–C) groups is 1. The minimum Gasteiger partial charge on any atom is -0.512 e. The molecule has 0 bridgehead atoms. The van der Waals surface area contributed by atoms with Gasteiger partial charge in [-0.1, -0.05) is 0 Å². The zero-order valence-electron chi connectivity index (χ0n) is 12.8. The number of carbonyl (C=O) groups is 1. The molecule has 0 fully saturated rings. The first-order chi connectivity index (χ1) is 11.1. The number of hydrogen-bond donors (Lipinski definition) is 1. The average Bonchev–Trinajstić information content (AvgIpc) is 2.56. The van der Waals surface area contributed by atoms with E-state index in [2.05, 4.69) is 19.9 Å². The summed E-state index contributed by atoms with van der Waals surface area (Å²) in [6.07, 6.45) is 6.08. The summed E-state index contributed by atoms with van der Waals surface area (Å²) in [7, 11) is 0. The van der Waals surface area contributed by atoms with Crippen LogP contribution in [0, 0.1) is 0 Å².